The van der Waals surface area contributed by atoms with Crippen molar-refractivity contribution >= 4 is 17.9 Å². The van der Waals surface area contributed by atoms with E-state index in [0.717, 1.165) is 23.3 Å². The summed E-state index contributed by atoms with van der Waals surface area (Å²) in [4.78, 5) is 44.5. The summed E-state index contributed by atoms with van der Waals surface area (Å²) < 4.78 is 5.29. The molecule has 1 aliphatic carbocycles. The predicted molar refractivity (Wildman–Crippen MR) is 151 cm³/mol. The highest BCUT2D eigenvalue weighted by Crippen LogP contribution is 2.46. The molecule has 214 valence electrons. The van der Waals surface area contributed by atoms with Crippen molar-refractivity contribution in [3.63, 3.8) is 0 Å². The van der Waals surface area contributed by atoms with Crippen LogP contribution in [0.3, 0.4) is 0 Å². The van der Waals surface area contributed by atoms with E-state index in [-0.39, 0.29) is 18.0 Å². The fourth-order valence-corrected chi connectivity index (χ4v) is 6.36. The first-order chi connectivity index (χ1) is 19.1. The molecule has 40 heavy (non-hydrogen) atoms. The number of likely N-dealkylation sites (tertiary alicyclic amines) is 1. The summed E-state index contributed by atoms with van der Waals surface area (Å²) in [6.45, 7) is 4.49. The number of rotatable bonds is 8. The lowest BCUT2D eigenvalue weighted by Gasteiger charge is -2.43. The molecule has 0 radical (unpaired) electrons. The van der Waals surface area contributed by atoms with Crippen LogP contribution in [-0.4, -0.2) is 82.6 Å². The van der Waals surface area contributed by atoms with Crippen molar-refractivity contribution in [1.82, 2.24) is 20.0 Å². The molecule has 1 unspecified atom stereocenters. The normalized spacial score (nSPS) is 21.1. The highest BCUT2D eigenvalue weighted by molar-refractivity contribution is 5.91. The number of hydrogen-bond donors (Lipinski definition) is 2. The van der Waals surface area contributed by atoms with E-state index >= 15 is 0 Å². The molecule has 3 fully saturated rings. The van der Waals surface area contributed by atoms with Crippen LogP contribution in [0.1, 0.15) is 68.3 Å². The van der Waals surface area contributed by atoms with Crippen molar-refractivity contribution in [2.24, 2.45) is 0 Å². The Morgan fingerprint density at radius 2 is 1.62 bits per heavy atom. The minimum atomic E-state index is -1.24. The van der Waals surface area contributed by atoms with Gasteiger partial charge >= 0.3 is 6.09 Å². The van der Waals surface area contributed by atoms with Gasteiger partial charge in [0, 0.05) is 19.6 Å². The SMILES string of the molecule is COc1ccc(CCN2C(=O)C3(CCN(C(=O)C(C)(C)NC(=O)O)CC3)N(C)C2c2ccc(C3CC3)cc2)cc1. The Hall–Kier alpha value is -3.59. The zero-order valence-electron chi connectivity index (χ0n) is 23.9. The van der Waals surface area contributed by atoms with Gasteiger partial charge in [0.15, 0.2) is 0 Å². The van der Waals surface area contributed by atoms with E-state index in [4.69, 9.17) is 9.84 Å². The van der Waals surface area contributed by atoms with Gasteiger partial charge in [-0.05, 0) is 87.7 Å². The summed E-state index contributed by atoms with van der Waals surface area (Å²) in [5.41, 5.74) is 1.63. The van der Waals surface area contributed by atoms with E-state index in [2.05, 4.69) is 34.5 Å². The second-order valence-corrected chi connectivity index (χ2v) is 11.9. The molecule has 1 atom stereocenters. The molecule has 3 amide bonds. The van der Waals surface area contributed by atoms with Gasteiger partial charge in [-0.1, -0.05) is 36.4 Å². The number of carboxylic acid groups (broad SMARTS) is 1. The molecule has 2 N–H and O–H groups in total. The topological polar surface area (TPSA) is 102 Å². The molecule has 9 heteroatoms. The number of piperidine rings is 1. The Kier molecular flexibility index (Phi) is 7.52. The Labute approximate surface area is 236 Å². The molecule has 2 aromatic carbocycles. The molecule has 5 rings (SSSR count). The number of hydrogen-bond acceptors (Lipinski definition) is 5. The first-order valence-electron chi connectivity index (χ1n) is 14.1. The van der Waals surface area contributed by atoms with Gasteiger partial charge in [0.25, 0.3) is 0 Å². The van der Waals surface area contributed by atoms with Crippen LogP contribution in [0.15, 0.2) is 48.5 Å². The van der Waals surface area contributed by atoms with E-state index < -0.39 is 17.2 Å². The van der Waals surface area contributed by atoms with Crippen molar-refractivity contribution < 1.29 is 24.2 Å². The third-order valence-corrected chi connectivity index (χ3v) is 8.91. The fraction of sp³-hybridized carbons (Fsp3) is 0.516. The molecule has 2 aliphatic heterocycles. The largest absolute Gasteiger partial charge is 0.497 e. The molecule has 0 aromatic heterocycles. The molecular formula is C31H40N4O5. The van der Waals surface area contributed by atoms with Gasteiger partial charge in [0.1, 0.15) is 23.0 Å². The van der Waals surface area contributed by atoms with Crippen LogP contribution < -0.4 is 10.1 Å². The Balaban J connectivity index is 1.37. The van der Waals surface area contributed by atoms with Crippen molar-refractivity contribution in [2.75, 3.05) is 33.8 Å². The summed E-state index contributed by atoms with van der Waals surface area (Å²) in [5.74, 6) is 1.28. The molecule has 1 saturated carbocycles. The quantitative estimate of drug-likeness (QED) is 0.517. The standard InChI is InChI=1S/C31H40N4O5/c1-30(2,32-29(38)39)27(36)34-19-16-31(17-20-34)28(37)35(18-15-21-5-13-25(40-4)14-6-21)26(33(31)3)24-11-9-23(10-12-24)22-7-8-22/h5-6,9-14,22,26,32H,7-8,15-20H2,1-4H3,(H,38,39). The van der Waals surface area contributed by atoms with Crippen LogP contribution in [0.25, 0.3) is 0 Å². The Bertz CT molecular complexity index is 1250. The van der Waals surface area contributed by atoms with Crippen LogP contribution in [0, 0.1) is 0 Å². The van der Waals surface area contributed by atoms with Crippen LogP contribution >= 0.6 is 0 Å². The third-order valence-electron chi connectivity index (χ3n) is 8.91. The van der Waals surface area contributed by atoms with Crippen molar-refractivity contribution in [1.29, 1.82) is 0 Å². The maximum atomic E-state index is 14.3. The van der Waals surface area contributed by atoms with Crippen molar-refractivity contribution in [3.05, 3.63) is 65.2 Å². The molecular weight excluding hydrogens is 508 g/mol. The number of amides is 3. The summed E-state index contributed by atoms with van der Waals surface area (Å²) in [5, 5.41) is 11.5. The second-order valence-electron chi connectivity index (χ2n) is 11.9. The summed E-state index contributed by atoms with van der Waals surface area (Å²) >= 11 is 0. The monoisotopic (exact) mass is 548 g/mol. The molecule has 1 spiro atoms. The minimum Gasteiger partial charge on any atom is -0.497 e. The lowest BCUT2D eigenvalue weighted by molar-refractivity contribution is -0.143. The van der Waals surface area contributed by atoms with E-state index in [1.807, 2.05) is 36.2 Å². The Morgan fingerprint density at radius 1 is 1.02 bits per heavy atom. The van der Waals surface area contributed by atoms with Crippen LogP contribution in [0.5, 0.6) is 5.75 Å². The van der Waals surface area contributed by atoms with Crippen LogP contribution in [0.4, 0.5) is 4.79 Å². The van der Waals surface area contributed by atoms with Crippen LogP contribution in [-0.2, 0) is 16.0 Å². The molecule has 2 aromatic rings. The van der Waals surface area contributed by atoms with Gasteiger partial charge in [0.2, 0.25) is 11.8 Å². The fourth-order valence-electron chi connectivity index (χ4n) is 6.36. The highest BCUT2D eigenvalue weighted by Gasteiger charge is 2.57. The van der Waals surface area contributed by atoms with Crippen molar-refractivity contribution in [3.8, 4) is 5.75 Å². The molecule has 9 nitrogen and oxygen atoms in total. The second kappa shape index (κ2) is 10.8. The van der Waals surface area contributed by atoms with E-state index in [0.29, 0.717) is 38.4 Å². The molecule has 2 saturated heterocycles. The number of ether oxygens (including phenoxy) is 1. The molecule has 0 bridgehead atoms. The summed E-state index contributed by atoms with van der Waals surface area (Å²) in [6.07, 6.45) is 2.75. The van der Waals surface area contributed by atoms with E-state index in [9.17, 15) is 14.4 Å². The average molecular weight is 549 g/mol. The zero-order valence-corrected chi connectivity index (χ0v) is 23.9. The number of carbonyl (C=O) groups is 3. The first-order valence-corrected chi connectivity index (χ1v) is 14.1. The Morgan fingerprint density at radius 3 is 2.17 bits per heavy atom. The maximum Gasteiger partial charge on any atom is 0.405 e. The first kappa shape index (κ1) is 28.0. The van der Waals surface area contributed by atoms with E-state index in [1.54, 1.807) is 25.9 Å². The van der Waals surface area contributed by atoms with Gasteiger partial charge in [-0.3, -0.25) is 14.5 Å². The lowest BCUT2D eigenvalue weighted by atomic mass is 9.85. The van der Waals surface area contributed by atoms with Gasteiger partial charge < -0.3 is 25.0 Å². The highest BCUT2D eigenvalue weighted by atomic mass is 16.5. The van der Waals surface area contributed by atoms with Gasteiger partial charge in [-0.15, -0.1) is 0 Å². The average Bonchev–Trinajstić information content (AvgIpc) is 3.77. The van der Waals surface area contributed by atoms with Crippen molar-refractivity contribution in [2.45, 2.75) is 69.1 Å². The molecule has 3 aliphatic rings. The smallest absolute Gasteiger partial charge is 0.405 e. The van der Waals surface area contributed by atoms with E-state index in [1.165, 1.54) is 18.4 Å². The number of nitrogens with zero attached hydrogens (tertiary/aromatic N) is 3. The van der Waals surface area contributed by atoms with Crippen LogP contribution in [0.2, 0.25) is 0 Å². The number of likely N-dealkylation sites (N-methyl/N-ethyl adjacent to an activating group) is 1. The summed E-state index contributed by atoms with van der Waals surface area (Å²) in [6, 6.07) is 16.7. The zero-order chi connectivity index (χ0) is 28.7. The minimum absolute atomic E-state index is 0.0924. The third kappa shape index (κ3) is 5.27. The predicted octanol–water partition coefficient (Wildman–Crippen LogP) is 4.00. The van der Waals surface area contributed by atoms with Gasteiger partial charge in [0.05, 0.1) is 7.11 Å². The number of benzene rings is 2. The number of methoxy groups -OCH3 is 1. The lowest BCUT2D eigenvalue weighted by Crippen LogP contribution is -2.61. The number of nitrogens with one attached hydrogen (secondary N) is 1. The number of carbonyl (C=O) groups excluding carboxylic acids is 2. The van der Waals surface area contributed by atoms with Gasteiger partial charge in [-0.2, -0.15) is 0 Å². The van der Waals surface area contributed by atoms with Gasteiger partial charge in [-0.25, -0.2) is 4.79 Å². The summed E-state index contributed by atoms with van der Waals surface area (Å²) in [7, 11) is 3.67. The maximum absolute atomic E-state index is 14.3. The molecule has 2 heterocycles.